The van der Waals surface area contributed by atoms with Crippen molar-refractivity contribution in [2.24, 2.45) is 0 Å². The lowest BCUT2D eigenvalue weighted by Gasteiger charge is -2.43. The Balaban J connectivity index is 1.28. The van der Waals surface area contributed by atoms with Gasteiger partial charge in [0.05, 0.1) is 10.9 Å². The molecule has 5 aromatic rings. The molecule has 7 heteroatoms. The summed E-state index contributed by atoms with van der Waals surface area (Å²) in [6.07, 6.45) is -1.31. The summed E-state index contributed by atoms with van der Waals surface area (Å²) >= 11 is 0. The van der Waals surface area contributed by atoms with Crippen LogP contribution >= 0.6 is 0 Å². The number of fused-ring (bicyclic) bond motifs is 8. The first-order valence-corrected chi connectivity index (χ1v) is 13.8. The second kappa shape index (κ2) is 10.2. The standard InChI is InChI=1S/C34H28O7/c35-25-17-21(13-11-19-7-3-1-4-8-19)39-31-23(25)15-16-24-27-28-26(36)18-22(14-12-20-9-5-2-6-10-20)40-33(28)30(38)34(29(27)37)41-32(24)31/h1-10,15-18,27,29-30,34,37-38H,11-14H2/t27-,29+,30-,34-/m0/s1. The summed E-state index contributed by atoms with van der Waals surface area (Å²) in [6, 6.07) is 26.0. The molecule has 41 heavy (non-hydrogen) atoms. The van der Waals surface area contributed by atoms with E-state index in [2.05, 4.69) is 0 Å². The van der Waals surface area contributed by atoms with Gasteiger partial charge in [-0.2, -0.15) is 0 Å². The van der Waals surface area contributed by atoms with Gasteiger partial charge in [-0.15, -0.1) is 0 Å². The fourth-order valence-electron chi connectivity index (χ4n) is 6.10. The third-order valence-corrected chi connectivity index (χ3v) is 8.16. The molecule has 2 bridgehead atoms. The molecule has 0 saturated carbocycles. The summed E-state index contributed by atoms with van der Waals surface area (Å²) in [5, 5.41) is 22.8. The number of benzene rings is 3. The number of hydrogen-bond donors (Lipinski definition) is 2. The lowest BCUT2D eigenvalue weighted by atomic mass is 9.74. The van der Waals surface area contributed by atoms with Crippen LogP contribution < -0.4 is 15.6 Å². The molecule has 7 nitrogen and oxygen atoms in total. The number of ether oxygens (including phenoxy) is 1. The van der Waals surface area contributed by atoms with Crippen LogP contribution in [0, 0.1) is 0 Å². The van der Waals surface area contributed by atoms with E-state index in [-0.39, 0.29) is 33.5 Å². The number of aryl methyl sites for hydroxylation is 4. The SMILES string of the molecule is O=c1cc(CCc2ccccc2)oc2c1[C@@H]1c3ccc4c(=O)cc(CCc5ccccc5)oc4c3O[C@@H]([C@@H]1O)[C@H]2O. The minimum absolute atomic E-state index is 0.115. The quantitative estimate of drug-likeness (QED) is 0.319. The van der Waals surface area contributed by atoms with Gasteiger partial charge in [0, 0.05) is 36.5 Å². The number of hydrogen-bond acceptors (Lipinski definition) is 7. The van der Waals surface area contributed by atoms with Crippen LogP contribution in [0.25, 0.3) is 11.0 Å². The Hall–Kier alpha value is -4.46. The lowest BCUT2D eigenvalue weighted by molar-refractivity contribution is -0.0822. The molecule has 0 fully saturated rings. The van der Waals surface area contributed by atoms with Gasteiger partial charge in [-0.1, -0.05) is 66.7 Å². The predicted octanol–water partition coefficient (Wildman–Crippen LogP) is 4.62. The van der Waals surface area contributed by atoms with E-state index in [0.29, 0.717) is 48.2 Å². The Morgan fingerprint density at radius 2 is 1.29 bits per heavy atom. The van der Waals surface area contributed by atoms with Crippen molar-refractivity contribution in [3.63, 3.8) is 0 Å². The molecule has 0 spiro atoms. The molecule has 0 unspecified atom stereocenters. The zero-order chi connectivity index (χ0) is 28.1. The molecule has 206 valence electrons. The van der Waals surface area contributed by atoms with Crippen LogP contribution in [0.15, 0.2) is 103 Å². The molecule has 1 aliphatic carbocycles. The molecule has 2 aliphatic rings. The monoisotopic (exact) mass is 548 g/mol. The molecular weight excluding hydrogens is 520 g/mol. The maximum absolute atomic E-state index is 13.5. The van der Waals surface area contributed by atoms with Gasteiger partial charge >= 0.3 is 0 Å². The Morgan fingerprint density at radius 3 is 1.95 bits per heavy atom. The highest BCUT2D eigenvalue weighted by Gasteiger charge is 2.51. The highest BCUT2D eigenvalue weighted by atomic mass is 16.5. The van der Waals surface area contributed by atoms with Crippen LogP contribution in [-0.4, -0.2) is 22.4 Å². The number of rotatable bonds is 6. The van der Waals surface area contributed by atoms with Gasteiger partial charge in [0.15, 0.2) is 34.4 Å². The van der Waals surface area contributed by atoms with Gasteiger partial charge in [-0.25, -0.2) is 0 Å². The molecule has 0 radical (unpaired) electrons. The van der Waals surface area contributed by atoms with E-state index in [1.807, 2.05) is 60.7 Å². The summed E-state index contributed by atoms with van der Waals surface area (Å²) < 4.78 is 18.5. The Kier molecular flexibility index (Phi) is 6.33. The van der Waals surface area contributed by atoms with Crippen molar-refractivity contribution in [1.29, 1.82) is 0 Å². The van der Waals surface area contributed by atoms with E-state index in [0.717, 1.165) is 11.1 Å². The van der Waals surface area contributed by atoms with E-state index in [1.165, 1.54) is 12.1 Å². The smallest absolute Gasteiger partial charge is 0.193 e. The molecule has 1 aliphatic heterocycles. The molecule has 2 aromatic heterocycles. The van der Waals surface area contributed by atoms with Crippen molar-refractivity contribution >= 4 is 11.0 Å². The Bertz CT molecular complexity index is 1860. The zero-order valence-electron chi connectivity index (χ0n) is 22.2. The largest absolute Gasteiger partial charge is 0.480 e. The van der Waals surface area contributed by atoms with E-state index in [1.54, 1.807) is 12.1 Å². The molecule has 0 amide bonds. The van der Waals surface area contributed by atoms with E-state index in [9.17, 15) is 19.8 Å². The summed E-state index contributed by atoms with van der Waals surface area (Å²) in [6.45, 7) is 0. The van der Waals surface area contributed by atoms with Crippen LogP contribution in [0.3, 0.4) is 0 Å². The summed E-state index contributed by atoms with van der Waals surface area (Å²) in [4.78, 5) is 26.5. The topological polar surface area (TPSA) is 110 Å². The van der Waals surface area contributed by atoms with Crippen molar-refractivity contribution < 1.29 is 23.8 Å². The lowest BCUT2D eigenvalue weighted by Crippen LogP contribution is -2.50. The molecule has 0 saturated heterocycles. The van der Waals surface area contributed by atoms with Crippen LogP contribution in [0.4, 0.5) is 0 Å². The normalized spacial score (nSPS) is 20.7. The fraction of sp³-hybridized carbons (Fsp3) is 0.235. The van der Waals surface area contributed by atoms with Crippen molar-refractivity contribution in [2.45, 2.75) is 49.9 Å². The predicted molar refractivity (Wildman–Crippen MR) is 152 cm³/mol. The minimum atomic E-state index is -1.38. The first-order chi connectivity index (χ1) is 20.0. The first-order valence-electron chi connectivity index (χ1n) is 13.8. The third-order valence-electron chi connectivity index (χ3n) is 8.16. The molecule has 4 atom stereocenters. The second-order valence-electron chi connectivity index (χ2n) is 10.8. The van der Waals surface area contributed by atoms with E-state index >= 15 is 0 Å². The van der Waals surface area contributed by atoms with Crippen LogP contribution in [0.1, 0.15) is 51.6 Å². The van der Waals surface area contributed by atoms with Gasteiger partial charge in [0.1, 0.15) is 23.4 Å². The Morgan fingerprint density at radius 1 is 0.683 bits per heavy atom. The fourth-order valence-corrected chi connectivity index (χ4v) is 6.10. The zero-order valence-corrected chi connectivity index (χ0v) is 22.2. The molecule has 7 rings (SSSR count). The average Bonchev–Trinajstić information content (AvgIpc) is 2.99. The third kappa shape index (κ3) is 4.47. The number of aliphatic hydroxyl groups is 2. The van der Waals surface area contributed by atoms with Gasteiger partial charge in [-0.05, 0) is 30.0 Å². The van der Waals surface area contributed by atoms with Crippen LogP contribution in [0.2, 0.25) is 0 Å². The van der Waals surface area contributed by atoms with Gasteiger partial charge in [0.2, 0.25) is 0 Å². The molecule has 3 heterocycles. The van der Waals surface area contributed by atoms with Crippen LogP contribution in [-0.2, 0) is 25.7 Å². The first kappa shape index (κ1) is 25.5. The van der Waals surface area contributed by atoms with Crippen molar-refractivity contribution in [2.75, 3.05) is 0 Å². The van der Waals surface area contributed by atoms with Gasteiger partial charge in [0.25, 0.3) is 0 Å². The molecule has 2 N–H and O–H groups in total. The van der Waals surface area contributed by atoms with Crippen molar-refractivity contribution in [3.8, 4) is 5.75 Å². The summed E-state index contributed by atoms with van der Waals surface area (Å²) in [5.74, 6) is 0.537. The van der Waals surface area contributed by atoms with Crippen LogP contribution in [0.5, 0.6) is 5.75 Å². The maximum Gasteiger partial charge on any atom is 0.193 e. The highest BCUT2D eigenvalue weighted by Crippen LogP contribution is 2.50. The Labute approximate surface area is 235 Å². The number of aliphatic hydroxyl groups excluding tert-OH is 2. The second-order valence-corrected chi connectivity index (χ2v) is 10.8. The molecular formula is C34H28O7. The minimum Gasteiger partial charge on any atom is -0.480 e. The summed E-state index contributed by atoms with van der Waals surface area (Å²) in [5.41, 5.74) is 2.67. The summed E-state index contributed by atoms with van der Waals surface area (Å²) in [7, 11) is 0. The van der Waals surface area contributed by atoms with E-state index < -0.39 is 24.2 Å². The van der Waals surface area contributed by atoms with Gasteiger partial charge < -0.3 is 23.8 Å². The van der Waals surface area contributed by atoms with E-state index in [4.69, 9.17) is 13.6 Å². The molecule has 3 aromatic carbocycles. The van der Waals surface area contributed by atoms with Crippen molar-refractivity contribution in [3.05, 3.63) is 145 Å². The highest BCUT2D eigenvalue weighted by molar-refractivity contribution is 5.85. The van der Waals surface area contributed by atoms with Gasteiger partial charge in [-0.3, -0.25) is 9.59 Å². The maximum atomic E-state index is 13.5. The van der Waals surface area contributed by atoms with Crippen molar-refractivity contribution in [1.82, 2.24) is 0 Å². The average molecular weight is 549 g/mol.